The summed E-state index contributed by atoms with van der Waals surface area (Å²) in [4.78, 5) is 18.0. The molecule has 2 aromatic heterocycles. The molecule has 2 heterocycles. The van der Waals surface area contributed by atoms with Gasteiger partial charge in [0.2, 0.25) is 5.78 Å². The van der Waals surface area contributed by atoms with Crippen LogP contribution >= 0.6 is 11.3 Å². The number of thiophene rings is 1. The highest BCUT2D eigenvalue weighted by Crippen LogP contribution is 2.39. The Balaban J connectivity index is 1.98. The molecule has 0 radical (unpaired) electrons. The van der Waals surface area contributed by atoms with Crippen LogP contribution in [0, 0.1) is 0 Å². The minimum Gasteiger partial charge on any atom is -0.288 e. The van der Waals surface area contributed by atoms with Crippen LogP contribution in [0.3, 0.4) is 0 Å². The maximum absolute atomic E-state index is 13.0. The van der Waals surface area contributed by atoms with Gasteiger partial charge in [-0.15, -0.1) is 11.3 Å². The van der Waals surface area contributed by atoms with Crippen molar-refractivity contribution in [1.29, 1.82) is 0 Å². The number of rotatable bonds is 3. The summed E-state index contributed by atoms with van der Waals surface area (Å²) in [7, 11) is 0. The first kappa shape index (κ1) is 13.9. The number of aromatic nitrogens is 1. The molecule has 0 spiro atoms. The summed E-state index contributed by atoms with van der Waals surface area (Å²) in [5.74, 6) is 0.0608. The second kappa shape index (κ2) is 5.78. The quantitative estimate of drug-likeness (QED) is 0.487. The molecule has 4 rings (SSSR count). The molecule has 0 saturated heterocycles. The van der Waals surface area contributed by atoms with Gasteiger partial charge in [-0.1, -0.05) is 60.7 Å². The zero-order valence-corrected chi connectivity index (χ0v) is 13.1. The van der Waals surface area contributed by atoms with Crippen molar-refractivity contribution in [3.05, 3.63) is 89.6 Å². The van der Waals surface area contributed by atoms with E-state index in [9.17, 15) is 4.79 Å². The van der Waals surface area contributed by atoms with Crippen molar-refractivity contribution in [2.45, 2.75) is 0 Å². The van der Waals surface area contributed by atoms with Gasteiger partial charge < -0.3 is 0 Å². The molecule has 4 aromatic rings. The van der Waals surface area contributed by atoms with E-state index in [0.717, 1.165) is 26.1 Å². The molecule has 0 N–H and O–H groups in total. The Labute approximate surface area is 138 Å². The normalized spacial score (nSPS) is 10.8. The summed E-state index contributed by atoms with van der Waals surface area (Å²) >= 11 is 1.51. The SMILES string of the molecule is O=C(c1ccccc1)c1sc2cnccc2c1-c1ccccc1. The van der Waals surface area contributed by atoms with Crippen molar-refractivity contribution >= 4 is 27.2 Å². The number of nitrogens with zero attached hydrogens (tertiary/aromatic N) is 1. The lowest BCUT2D eigenvalue weighted by Crippen LogP contribution is -2.00. The number of hydrogen-bond donors (Lipinski definition) is 0. The number of hydrogen-bond acceptors (Lipinski definition) is 3. The second-order valence-electron chi connectivity index (χ2n) is 5.24. The van der Waals surface area contributed by atoms with E-state index in [-0.39, 0.29) is 5.78 Å². The molecule has 0 aliphatic heterocycles. The van der Waals surface area contributed by atoms with Gasteiger partial charge in [0.25, 0.3) is 0 Å². The smallest absolute Gasteiger partial charge is 0.203 e. The van der Waals surface area contributed by atoms with E-state index in [2.05, 4.69) is 4.98 Å². The molecule has 0 atom stereocenters. The number of carbonyl (C=O) groups excluding carboxylic acids is 1. The fourth-order valence-corrected chi connectivity index (χ4v) is 3.88. The number of benzene rings is 2. The average Bonchev–Trinajstić information content (AvgIpc) is 3.02. The minimum atomic E-state index is 0.0608. The highest BCUT2D eigenvalue weighted by Gasteiger charge is 2.20. The zero-order chi connectivity index (χ0) is 15.6. The topological polar surface area (TPSA) is 30.0 Å². The Bertz CT molecular complexity index is 974. The van der Waals surface area contributed by atoms with Crippen molar-refractivity contribution in [2.24, 2.45) is 0 Å². The molecule has 0 aliphatic carbocycles. The van der Waals surface area contributed by atoms with Crippen LogP contribution in [0.1, 0.15) is 15.2 Å². The zero-order valence-electron chi connectivity index (χ0n) is 12.3. The monoisotopic (exact) mass is 315 g/mol. The predicted octanol–water partition coefficient (Wildman–Crippen LogP) is 5.19. The lowest BCUT2D eigenvalue weighted by Gasteiger charge is -2.05. The van der Waals surface area contributed by atoms with Gasteiger partial charge >= 0.3 is 0 Å². The summed E-state index contributed by atoms with van der Waals surface area (Å²) in [5.41, 5.74) is 2.77. The molecule has 0 fully saturated rings. The summed E-state index contributed by atoms with van der Waals surface area (Å²) in [6.45, 7) is 0. The summed E-state index contributed by atoms with van der Waals surface area (Å²) in [6, 6.07) is 21.5. The van der Waals surface area contributed by atoms with Gasteiger partial charge in [-0.25, -0.2) is 0 Å². The predicted molar refractivity (Wildman–Crippen MR) is 94.9 cm³/mol. The Morgan fingerprint density at radius 3 is 2.30 bits per heavy atom. The number of carbonyl (C=O) groups is 1. The van der Waals surface area contributed by atoms with E-state index < -0.39 is 0 Å². The molecular weight excluding hydrogens is 302 g/mol. The van der Waals surface area contributed by atoms with E-state index in [1.165, 1.54) is 11.3 Å². The standard InChI is InChI=1S/C20H13NOS/c22-19(15-9-5-2-6-10-15)20-18(14-7-3-1-4-8-14)16-11-12-21-13-17(16)23-20/h1-13H. The van der Waals surface area contributed by atoms with Crippen LogP contribution in [-0.4, -0.2) is 10.8 Å². The largest absolute Gasteiger partial charge is 0.288 e. The third-order valence-corrected chi connectivity index (χ3v) is 4.94. The van der Waals surface area contributed by atoms with Crippen LogP contribution in [0.15, 0.2) is 79.1 Å². The average molecular weight is 315 g/mol. The van der Waals surface area contributed by atoms with E-state index in [0.29, 0.717) is 5.56 Å². The maximum Gasteiger partial charge on any atom is 0.203 e. The Morgan fingerprint density at radius 2 is 1.57 bits per heavy atom. The van der Waals surface area contributed by atoms with Gasteiger partial charge in [0.1, 0.15) is 0 Å². The summed E-state index contributed by atoms with van der Waals surface area (Å²) in [6.07, 6.45) is 3.60. The molecule has 23 heavy (non-hydrogen) atoms. The lowest BCUT2D eigenvalue weighted by molar-refractivity contribution is 0.104. The first-order chi connectivity index (χ1) is 11.3. The third kappa shape index (κ3) is 2.45. The van der Waals surface area contributed by atoms with Crippen LogP contribution in [0.4, 0.5) is 0 Å². The van der Waals surface area contributed by atoms with Gasteiger partial charge in [-0.05, 0) is 11.6 Å². The highest BCUT2D eigenvalue weighted by atomic mass is 32.1. The molecule has 2 nitrogen and oxygen atoms in total. The molecule has 110 valence electrons. The maximum atomic E-state index is 13.0. The van der Waals surface area contributed by atoms with Crippen LogP contribution in [0.5, 0.6) is 0 Å². The molecule has 3 heteroatoms. The van der Waals surface area contributed by atoms with Gasteiger partial charge in [0.15, 0.2) is 0 Å². The van der Waals surface area contributed by atoms with Crippen LogP contribution in [0.25, 0.3) is 21.2 Å². The van der Waals surface area contributed by atoms with Crippen molar-refractivity contribution in [3.8, 4) is 11.1 Å². The van der Waals surface area contributed by atoms with E-state index in [1.54, 1.807) is 6.20 Å². The molecular formula is C20H13NOS. The van der Waals surface area contributed by atoms with Crippen LogP contribution < -0.4 is 0 Å². The van der Waals surface area contributed by atoms with Gasteiger partial charge in [0.05, 0.1) is 9.58 Å². The van der Waals surface area contributed by atoms with Crippen molar-refractivity contribution < 1.29 is 4.79 Å². The van der Waals surface area contributed by atoms with Gasteiger partial charge in [-0.2, -0.15) is 0 Å². The molecule has 2 aromatic carbocycles. The first-order valence-corrected chi connectivity index (χ1v) is 8.18. The number of ketones is 1. The minimum absolute atomic E-state index is 0.0608. The third-order valence-electron chi connectivity index (χ3n) is 3.80. The fourth-order valence-electron chi connectivity index (χ4n) is 2.72. The first-order valence-electron chi connectivity index (χ1n) is 7.36. The Kier molecular flexibility index (Phi) is 3.48. The van der Waals surface area contributed by atoms with Crippen molar-refractivity contribution in [3.63, 3.8) is 0 Å². The van der Waals surface area contributed by atoms with Crippen molar-refractivity contribution in [1.82, 2.24) is 4.98 Å². The van der Waals surface area contributed by atoms with Crippen LogP contribution in [-0.2, 0) is 0 Å². The van der Waals surface area contributed by atoms with Crippen LogP contribution in [0.2, 0.25) is 0 Å². The van der Waals surface area contributed by atoms with E-state index in [4.69, 9.17) is 0 Å². The molecule has 0 aliphatic rings. The lowest BCUT2D eigenvalue weighted by atomic mass is 9.99. The molecule has 0 unspecified atom stereocenters. The van der Waals surface area contributed by atoms with Crippen molar-refractivity contribution in [2.75, 3.05) is 0 Å². The number of pyridine rings is 1. The molecule has 0 amide bonds. The van der Waals surface area contributed by atoms with Gasteiger partial charge in [-0.3, -0.25) is 9.78 Å². The van der Waals surface area contributed by atoms with E-state index in [1.807, 2.05) is 72.9 Å². The molecule has 0 saturated carbocycles. The Morgan fingerprint density at radius 1 is 0.870 bits per heavy atom. The van der Waals surface area contributed by atoms with Gasteiger partial charge in [0, 0.05) is 28.9 Å². The second-order valence-corrected chi connectivity index (χ2v) is 6.29. The summed E-state index contributed by atoms with van der Waals surface area (Å²) < 4.78 is 1.03. The Hall–Kier alpha value is -2.78. The molecule has 0 bridgehead atoms. The van der Waals surface area contributed by atoms with E-state index >= 15 is 0 Å². The number of fused-ring (bicyclic) bond motifs is 1. The summed E-state index contributed by atoms with van der Waals surface area (Å²) in [5, 5.41) is 1.08. The fraction of sp³-hybridized carbons (Fsp3) is 0. The highest BCUT2D eigenvalue weighted by molar-refractivity contribution is 7.21.